The van der Waals surface area contributed by atoms with Crippen molar-refractivity contribution in [3.05, 3.63) is 62.7 Å². The molecule has 0 unspecified atom stereocenters. The molecule has 2 aromatic carbocycles. The van der Waals surface area contributed by atoms with Crippen molar-refractivity contribution in [2.24, 2.45) is 12.0 Å². The molecule has 180 valence electrons. The van der Waals surface area contributed by atoms with E-state index in [0.717, 1.165) is 40.2 Å². The van der Waals surface area contributed by atoms with Gasteiger partial charge in [-0.1, -0.05) is 49.2 Å². The molecule has 0 N–H and O–H groups in total. The molecule has 0 atom stereocenters. The fourth-order valence-electron chi connectivity index (χ4n) is 3.62. The Hall–Kier alpha value is -1.45. The van der Waals surface area contributed by atoms with Gasteiger partial charge in [-0.15, -0.1) is 28.3 Å². The third-order valence-electron chi connectivity index (χ3n) is 5.28. The molecular weight excluding hydrogens is 542 g/mol. The van der Waals surface area contributed by atoms with Crippen LogP contribution >= 0.6 is 39.9 Å². The summed E-state index contributed by atoms with van der Waals surface area (Å²) in [5, 5.41) is 2.24. The molecule has 0 amide bonds. The average molecular weight is 573 g/mol. The lowest BCUT2D eigenvalue weighted by atomic mass is 10.1. The zero-order valence-corrected chi connectivity index (χ0v) is 23.7. The monoisotopic (exact) mass is 571 g/mol. The lowest BCUT2D eigenvalue weighted by molar-refractivity contribution is 0.410. The van der Waals surface area contributed by atoms with E-state index < -0.39 is 10.0 Å². The summed E-state index contributed by atoms with van der Waals surface area (Å²) in [6, 6.07) is 11.4. The van der Waals surface area contributed by atoms with Crippen LogP contribution < -0.4 is 4.80 Å². The van der Waals surface area contributed by atoms with Crippen molar-refractivity contribution >= 4 is 55.6 Å². The van der Waals surface area contributed by atoms with E-state index in [1.165, 1.54) is 21.2 Å². The quantitative estimate of drug-likeness (QED) is 0.304. The Balaban J connectivity index is 0.00000385. The van der Waals surface area contributed by atoms with Gasteiger partial charge in [-0.25, -0.2) is 13.4 Å². The predicted molar refractivity (Wildman–Crippen MR) is 145 cm³/mol. The largest absolute Gasteiger partial charge is 0.320 e. The number of thiazole rings is 1. The van der Waals surface area contributed by atoms with E-state index >= 15 is 0 Å². The summed E-state index contributed by atoms with van der Waals surface area (Å²) in [5.74, 6) is 0. The van der Waals surface area contributed by atoms with Crippen molar-refractivity contribution < 1.29 is 8.42 Å². The highest BCUT2D eigenvalue weighted by atomic mass is 79.9. The van der Waals surface area contributed by atoms with E-state index in [1.807, 2.05) is 43.0 Å². The van der Waals surface area contributed by atoms with Crippen LogP contribution in [0.25, 0.3) is 11.3 Å². The van der Waals surface area contributed by atoms with Crippen LogP contribution in [0.3, 0.4) is 0 Å². The molecule has 0 aliphatic carbocycles. The second kappa shape index (κ2) is 11.8. The van der Waals surface area contributed by atoms with E-state index in [4.69, 9.17) is 16.6 Å². The van der Waals surface area contributed by atoms with Gasteiger partial charge in [0.25, 0.3) is 0 Å². The summed E-state index contributed by atoms with van der Waals surface area (Å²) >= 11 is 7.89. The third-order valence-corrected chi connectivity index (χ3v) is 8.58. The van der Waals surface area contributed by atoms with Gasteiger partial charge in [-0.3, -0.25) is 0 Å². The van der Waals surface area contributed by atoms with E-state index in [9.17, 15) is 8.42 Å². The highest BCUT2D eigenvalue weighted by molar-refractivity contribution is 8.93. The minimum Gasteiger partial charge on any atom is -0.320 e. The topological polar surface area (TPSA) is 54.7 Å². The van der Waals surface area contributed by atoms with Crippen molar-refractivity contribution in [1.82, 2.24) is 8.87 Å². The van der Waals surface area contributed by atoms with Gasteiger partial charge in [0.1, 0.15) is 4.90 Å². The molecule has 0 saturated heterocycles. The molecule has 1 heterocycles. The average Bonchev–Trinajstić information content (AvgIpc) is 3.10. The maximum Gasteiger partial charge on any atom is 0.244 e. The van der Waals surface area contributed by atoms with Crippen LogP contribution in [0.15, 0.2) is 51.7 Å². The lowest BCUT2D eigenvalue weighted by Crippen LogP contribution is -2.32. The van der Waals surface area contributed by atoms with Crippen molar-refractivity contribution in [2.45, 2.75) is 45.4 Å². The Bertz CT molecular complexity index is 1280. The Kier molecular flexibility index (Phi) is 9.94. The van der Waals surface area contributed by atoms with Crippen LogP contribution in [0.1, 0.15) is 37.8 Å². The molecule has 0 radical (unpaired) electrons. The van der Waals surface area contributed by atoms with Gasteiger partial charge in [0, 0.05) is 31.1 Å². The van der Waals surface area contributed by atoms with Crippen molar-refractivity contribution in [3.8, 4) is 11.3 Å². The molecule has 3 aromatic rings. The van der Waals surface area contributed by atoms with Crippen molar-refractivity contribution in [1.29, 1.82) is 0 Å². The molecule has 9 heteroatoms. The number of sulfonamides is 1. The number of hydrogen-bond donors (Lipinski definition) is 0. The number of aromatic nitrogens is 1. The lowest BCUT2D eigenvalue weighted by Gasteiger charge is -2.22. The first-order valence-electron chi connectivity index (χ1n) is 10.8. The van der Waals surface area contributed by atoms with Crippen LogP contribution in [0, 0.1) is 13.8 Å². The van der Waals surface area contributed by atoms with Crippen LogP contribution in [0.2, 0.25) is 5.02 Å². The fraction of sp³-hybridized carbons (Fsp3) is 0.375. The maximum absolute atomic E-state index is 13.3. The van der Waals surface area contributed by atoms with Gasteiger partial charge in [0.2, 0.25) is 10.0 Å². The van der Waals surface area contributed by atoms with Crippen molar-refractivity contribution in [3.63, 3.8) is 0 Å². The summed E-state index contributed by atoms with van der Waals surface area (Å²) in [4.78, 5) is 5.81. The number of nitrogens with zero attached hydrogens (tertiary/aromatic N) is 3. The SMILES string of the molecule is Br.CCCN(CCC)S(=O)(=O)c1cc(-c2cs/c(=N/c3ccc(C)cc3C)n2C)ccc1Cl. The van der Waals surface area contributed by atoms with Crippen LogP contribution in [0.4, 0.5) is 5.69 Å². The first-order chi connectivity index (χ1) is 15.2. The molecule has 0 spiro atoms. The zero-order valence-electron chi connectivity index (χ0n) is 19.6. The number of halogens is 2. The van der Waals surface area contributed by atoms with Crippen molar-refractivity contribution in [2.75, 3.05) is 13.1 Å². The third kappa shape index (κ3) is 6.17. The van der Waals surface area contributed by atoms with Crippen LogP contribution in [-0.2, 0) is 17.1 Å². The molecule has 0 bridgehead atoms. The molecule has 1 aromatic heterocycles. The summed E-state index contributed by atoms with van der Waals surface area (Å²) in [7, 11) is -1.74. The summed E-state index contributed by atoms with van der Waals surface area (Å²) < 4.78 is 30.2. The zero-order chi connectivity index (χ0) is 23.5. The molecule has 3 rings (SSSR count). The van der Waals surface area contributed by atoms with E-state index in [1.54, 1.807) is 12.1 Å². The van der Waals surface area contributed by atoms with Gasteiger partial charge in [-0.2, -0.15) is 4.31 Å². The number of benzene rings is 2. The molecule has 0 aliphatic rings. The van der Waals surface area contributed by atoms with E-state index in [2.05, 4.69) is 26.0 Å². The molecule has 0 fully saturated rings. The fourth-order valence-corrected chi connectivity index (χ4v) is 6.66. The second-order valence-electron chi connectivity index (χ2n) is 7.91. The highest BCUT2D eigenvalue weighted by Crippen LogP contribution is 2.31. The number of aryl methyl sites for hydroxylation is 2. The smallest absolute Gasteiger partial charge is 0.244 e. The number of hydrogen-bond acceptors (Lipinski definition) is 4. The predicted octanol–water partition coefficient (Wildman–Crippen LogP) is 6.64. The van der Waals surface area contributed by atoms with Gasteiger partial charge in [-0.05, 0) is 50.5 Å². The van der Waals surface area contributed by atoms with Gasteiger partial charge in [0.05, 0.1) is 16.4 Å². The summed E-state index contributed by atoms with van der Waals surface area (Å²) in [6.45, 7) is 9.01. The Labute approximate surface area is 216 Å². The summed E-state index contributed by atoms with van der Waals surface area (Å²) in [5.41, 5.74) is 4.93. The normalized spacial score (nSPS) is 12.3. The molecule has 5 nitrogen and oxygen atoms in total. The molecule has 33 heavy (non-hydrogen) atoms. The highest BCUT2D eigenvalue weighted by Gasteiger charge is 2.26. The molecular formula is C24H31BrClN3O2S2. The first kappa shape index (κ1) is 27.8. The Morgan fingerprint density at radius 3 is 2.33 bits per heavy atom. The van der Waals surface area contributed by atoms with E-state index in [0.29, 0.717) is 13.1 Å². The minimum absolute atomic E-state index is 0. The molecule has 0 saturated carbocycles. The molecule has 0 aliphatic heterocycles. The Morgan fingerprint density at radius 2 is 1.73 bits per heavy atom. The van der Waals surface area contributed by atoms with E-state index in [-0.39, 0.29) is 26.9 Å². The Morgan fingerprint density at radius 1 is 1.06 bits per heavy atom. The van der Waals surface area contributed by atoms with Crippen LogP contribution in [-0.4, -0.2) is 30.4 Å². The van der Waals surface area contributed by atoms with Gasteiger partial charge in [0.15, 0.2) is 4.80 Å². The summed E-state index contributed by atoms with van der Waals surface area (Å²) in [6.07, 6.45) is 1.50. The minimum atomic E-state index is -3.68. The first-order valence-corrected chi connectivity index (χ1v) is 13.4. The standard InChI is InChI=1S/C24H30ClN3O2S2.BrH/c1-6-12-28(13-7-2)32(29,30)23-15-19(9-10-20(23)25)22-16-31-24(27(22)5)26-21-11-8-17(3)14-18(21)4;/h8-11,14-16H,6-7,12-13H2,1-5H3;1H/b26-24+;. The van der Waals surface area contributed by atoms with Crippen LogP contribution in [0.5, 0.6) is 0 Å². The number of rotatable bonds is 8. The maximum atomic E-state index is 13.3. The van der Waals surface area contributed by atoms with Gasteiger partial charge < -0.3 is 4.57 Å². The second-order valence-corrected chi connectivity index (χ2v) is 11.1. The van der Waals surface area contributed by atoms with Gasteiger partial charge >= 0.3 is 0 Å².